The van der Waals surface area contributed by atoms with Crippen LogP contribution in [0, 0.1) is 5.92 Å². The normalized spacial score (nSPS) is 17.1. The van der Waals surface area contributed by atoms with E-state index in [0.717, 1.165) is 10.9 Å². The van der Waals surface area contributed by atoms with Gasteiger partial charge in [-0.3, -0.25) is 0 Å². The molecule has 0 fully saturated rings. The third kappa shape index (κ3) is 5.08. The van der Waals surface area contributed by atoms with Crippen molar-refractivity contribution < 1.29 is 5.11 Å². The van der Waals surface area contributed by atoms with E-state index in [1.165, 1.54) is 4.88 Å². The smallest absolute Gasteiger partial charge is 0.0746 e. The van der Waals surface area contributed by atoms with Gasteiger partial charge in [0.2, 0.25) is 0 Å². The summed E-state index contributed by atoms with van der Waals surface area (Å²) in [7, 11) is 0. The molecule has 4 heteroatoms. The van der Waals surface area contributed by atoms with Gasteiger partial charge in [0.05, 0.1) is 5.60 Å². The van der Waals surface area contributed by atoms with Crippen LogP contribution in [0.4, 0.5) is 0 Å². The van der Waals surface area contributed by atoms with E-state index < -0.39 is 5.60 Å². The van der Waals surface area contributed by atoms with Crippen molar-refractivity contribution in [3.8, 4) is 0 Å². The molecular formula is C13H22BrNOS. The zero-order chi connectivity index (χ0) is 13.1. The molecule has 0 spiro atoms. The third-order valence-corrected chi connectivity index (χ3v) is 4.73. The average Bonchev–Trinajstić information content (AvgIpc) is 2.59. The Labute approximate surface area is 117 Å². The van der Waals surface area contributed by atoms with E-state index in [4.69, 9.17) is 0 Å². The topological polar surface area (TPSA) is 32.3 Å². The standard InChI is InChI=1S/C13H22BrNOS/c1-9(2)7-13(4,16)8-15-10(3)12-11(14)5-6-17-12/h5-6,9-10,15-16H,7-8H2,1-4H3. The lowest BCUT2D eigenvalue weighted by Gasteiger charge is -2.27. The molecule has 0 aromatic carbocycles. The summed E-state index contributed by atoms with van der Waals surface area (Å²) < 4.78 is 1.14. The van der Waals surface area contributed by atoms with Gasteiger partial charge < -0.3 is 10.4 Å². The summed E-state index contributed by atoms with van der Waals surface area (Å²) in [5.41, 5.74) is -0.633. The predicted octanol–water partition coefficient (Wildman–Crippen LogP) is 3.96. The first-order valence-electron chi connectivity index (χ1n) is 6.00. The second-order valence-corrected chi connectivity index (χ2v) is 7.13. The van der Waals surface area contributed by atoms with E-state index in [9.17, 15) is 5.11 Å². The molecule has 98 valence electrons. The largest absolute Gasteiger partial charge is 0.389 e. The second kappa shape index (κ2) is 6.32. The van der Waals surface area contributed by atoms with Crippen molar-refractivity contribution in [1.82, 2.24) is 5.32 Å². The van der Waals surface area contributed by atoms with Crippen molar-refractivity contribution in [3.63, 3.8) is 0 Å². The summed E-state index contributed by atoms with van der Waals surface area (Å²) in [5.74, 6) is 0.510. The highest BCUT2D eigenvalue weighted by molar-refractivity contribution is 9.10. The lowest BCUT2D eigenvalue weighted by molar-refractivity contribution is 0.0364. The fourth-order valence-corrected chi connectivity index (χ4v) is 3.78. The van der Waals surface area contributed by atoms with Crippen molar-refractivity contribution in [3.05, 3.63) is 20.8 Å². The van der Waals surface area contributed by atoms with Gasteiger partial charge in [0.25, 0.3) is 0 Å². The lowest BCUT2D eigenvalue weighted by Crippen LogP contribution is -2.39. The zero-order valence-corrected chi connectivity index (χ0v) is 13.4. The molecule has 2 atom stereocenters. The van der Waals surface area contributed by atoms with E-state index in [1.807, 2.05) is 6.92 Å². The molecule has 0 aliphatic heterocycles. The summed E-state index contributed by atoms with van der Waals surface area (Å²) in [6, 6.07) is 2.33. The molecule has 0 aliphatic carbocycles. The predicted molar refractivity (Wildman–Crippen MR) is 78.5 cm³/mol. The van der Waals surface area contributed by atoms with Crippen molar-refractivity contribution >= 4 is 27.3 Å². The number of aliphatic hydroxyl groups is 1. The first-order chi connectivity index (χ1) is 7.82. The van der Waals surface area contributed by atoms with Crippen LogP contribution in [0.5, 0.6) is 0 Å². The van der Waals surface area contributed by atoms with Gasteiger partial charge in [-0.15, -0.1) is 11.3 Å². The highest BCUT2D eigenvalue weighted by Gasteiger charge is 2.23. The molecule has 0 aliphatic rings. The summed E-state index contributed by atoms with van der Waals surface area (Å²) >= 11 is 5.27. The first-order valence-corrected chi connectivity index (χ1v) is 7.68. The molecule has 0 amide bonds. The minimum atomic E-state index is -0.633. The van der Waals surface area contributed by atoms with Gasteiger partial charge in [-0.05, 0) is 53.6 Å². The molecule has 0 saturated heterocycles. The molecule has 0 radical (unpaired) electrons. The molecule has 0 saturated carbocycles. The monoisotopic (exact) mass is 319 g/mol. The van der Waals surface area contributed by atoms with Crippen molar-refractivity contribution in [1.29, 1.82) is 0 Å². The molecule has 1 heterocycles. The van der Waals surface area contributed by atoms with Crippen molar-refractivity contribution in [2.75, 3.05) is 6.54 Å². The van der Waals surface area contributed by atoms with E-state index in [2.05, 4.69) is 53.5 Å². The molecule has 1 aromatic heterocycles. The Morgan fingerprint density at radius 1 is 1.47 bits per heavy atom. The summed E-state index contributed by atoms with van der Waals surface area (Å²) in [4.78, 5) is 1.28. The van der Waals surface area contributed by atoms with Gasteiger partial charge in [-0.2, -0.15) is 0 Å². The minimum Gasteiger partial charge on any atom is -0.389 e. The van der Waals surface area contributed by atoms with Crippen LogP contribution in [0.3, 0.4) is 0 Å². The number of rotatable bonds is 6. The van der Waals surface area contributed by atoms with Gasteiger partial charge in [-0.1, -0.05) is 13.8 Å². The van der Waals surface area contributed by atoms with Crippen LogP contribution in [-0.2, 0) is 0 Å². The second-order valence-electron chi connectivity index (χ2n) is 5.33. The van der Waals surface area contributed by atoms with Crippen LogP contribution < -0.4 is 5.32 Å². The minimum absolute atomic E-state index is 0.267. The maximum atomic E-state index is 10.2. The molecule has 2 nitrogen and oxygen atoms in total. The van der Waals surface area contributed by atoms with E-state index in [1.54, 1.807) is 11.3 Å². The fraction of sp³-hybridized carbons (Fsp3) is 0.692. The Bertz CT molecular complexity index is 349. The summed E-state index contributed by atoms with van der Waals surface area (Å²) in [6.45, 7) is 8.91. The van der Waals surface area contributed by atoms with Crippen LogP contribution in [-0.4, -0.2) is 17.3 Å². The van der Waals surface area contributed by atoms with Crippen LogP contribution in [0.1, 0.15) is 45.0 Å². The summed E-state index contributed by atoms with van der Waals surface area (Å²) in [6.07, 6.45) is 0.818. The molecule has 17 heavy (non-hydrogen) atoms. The molecular weight excluding hydrogens is 298 g/mol. The van der Waals surface area contributed by atoms with Gasteiger partial charge >= 0.3 is 0 Å². The van der Waals surface area contributed by atoms with Crippen molar-refractivity contribution in [2.45, 2.75) is 45.8 Å². The maximum absolute atomic E-state index is 10.2. The molecule has 2 unspecified atom stereocenters. The number of thiophene rings is 1. The Morgan fingerprint density at radius 2 is 2.12 bits per heavy atom. The van der Waals surface area contributed by atoms with Crippen molar-refractivity contribution in [2.24, 2.45) is 5.92 Å². The molecule has 0 bridgehead atoms. The van der Waals surface area contributed by atoms with E-state index in [0.29, 0.717) is 12.5 Å². The zero-order valence-electron chi connectivity index (χ0n) is 11.0. The van der Waals surface area contributed by atoms with Crippen LogP contribution >= 0.6 is 27.3 Å². The first kappa shape index (κ1) is 15.2. The molecule has 1 aromatic rings. The van der Waals surface area contributed by atoms with Gasteiger partial charge in [-0.25, -0.2) is 0 Å². The van der Waals surface area contributed by atoms with Gasteiger partial charge in [0, 0.05) is 21.9 Å². The fourth-order valence-electron chi connectivity index (χ4n) is 2.03. The maximum Gasteiger partial charge on any atom is 0.0746 e. The van der Waals surface area contributed by atoms with Crippen LogP contribution in [0.15, 0.2) is 15.9 Å². The quantitative estimate of drug-likeness (QED) is 0.831. The lowest BCUT2D eigenvalue weighted by atomic mass is 9.94. The van der Waals surface area contributed by atoms with E-state index in [-0.39, 0.29) is 6.04 Å². The van der Waals surface area contributed by atoms with Crippen LogP contribution in [0.2, 0.25) is 0 Å². The Hall–Kier alpha value is 0.100. The summed E-state index contributed by atoms with van der Waals surface area (Å²) in [5, 5.41) is 15.7. The average molecular weight is 320 g/mol. The number of nitrogens with one attached hydrogen (secondary N) is 1. The van der Waals surface area contributed by atoms with Gasteiger partial charge in [0.15, 0.2) is 0 Å². The number of halogens is 1. The van der Waals surface area contributed by atoms with Gasteiger partial charge in [0.1, 0.15) is 0 Å². The van der Waals surface area contributed by atoms with Crippen LogP contribution in [0.25, 0.3) is 0 Å². The molecule has 2 N–H and O–H groups in total. The third-order valence-electron chi connectivity index (χ3n) is 2.68. The Kier molecular flexibility index (Phi) is 5.64. The highest BCUT2D eigenvalue weighted by Crippen LogP contribution is 2.29. The SMILES string of the molecule is CC(C)CC(C)(O)CNC(C)c1sccc1Br. The Morgan fingerprint density at radius 3 is 2.59 bits per heavy atom. The highest BCUT2D eigenvalue weighted by atomic mass is 79.9. The Balaban J connectivity index is 2.48. The molecule has 1 rings (SSSR count). The number of hydrogen-bond acceptors (Lipinski definition) is 3. The van der Waals surface area contributed by atoms with E-state index >= 15 is 0 Å². The number of hydrogen-bond donors (Lipinski definition) is 2.